The van der Waals surface area contributed by atoms with Crippen molar-refractivity contribution in [3.8, 4) is 0 Å². The zero-order chi connectivity index (χ0) is 33.2. The zero-order valence-corrected chi connectivity index (χ0v) is 26.3. The maximum atomic E-state index is 13.7. The number of halogens is 3. The van der Waals surface area contributed by atoms with Crippen LogP contribution in [0.3, 0.4) is 0 Å². The molecule has 5 rings (SSSR count). The van der Waals surface area contributed by atoms with Gasteiger partial charge in [-0.25, -0.2) is 15.0 Å². The van der Waals surface area contributed by atoms with E-state index < -0.39 is 17.6 Å². The first-order chi connectivity index (χ1) is 22.7. The average Bonchev–Trinajstić information content (AvgIpc) is 3.56. The molecule has 4 aromatic rings. The number of aromatic nitrogens is 2. The Morgan fingerprint density at radius 2 is 1.77 bits per heavy atom. The van der Waals surface area contributed by atoms with Crippen molar-refractivity contribution in [1.29, 1.82) is 0 Å². The minimum Gasteiger partial charge on any atom is -0.338 e. The fourth-order valence-electron chi connectivity index (χ4n) is 5.26. The number of amides is 1. The third kappa shape index (κ3) is 9.46. The van der Waals surface area contributed by atoms with Crippen LogP contribution in [0.15, 0.2) is 89.2 Å². The number of nitrogens with one attached hydrogen (secondary N) is 3. The van der Waals surface area contributed by atoms with Crippen LogP contribution in [0.1, 0.15) is 52.4 Å². The second-order valence-corrected chi connectivity index (χ2v) is 11.2. The number of anilines is 4. The topological polar surface area (TPSA) is 107 Å². The Morgan fingerprint density at radius 1 is 0.979 bits per heavy atom. The van der Waals surface area contributed by atoms with Crippen LogP contribution in [-0.4, -0.2) is 52.6 Å². The van der Waals surface area contributed by atoms with Crippen LogP contribution in [0.5, 0.6) is 0 Å². The number of carbonyl (C=O) groups excluding carboxylic acids is 1. The van der Waals surface area contributed by atoms with Crippen molar-refractivity contribution in [1.82, 2.24) is 14.9 Å². The van der Waals surface area contributed by atoms with Crippen molar-refractivity contribution in [3.63, 3.8) is 0 Å². The Labute approximate surface area is 272 Å². The molecule has 1 saturated heterocycles. The molecule has 9 nitrogen and oxygen atoms in total. The Balaban J connectivity index is 1.32. The summed E-state index contributed by atoms with van der Waals surface area (Å²) in [6.07, 6.45) is 2.87. The molecular formula is C35H37F3N8O. The molecule has 2 heterocycles. The largest absolute Gasteiger partial charge is 0.416 e. The number of carbonyl (C=O) groups is 1. The lowest BCUT2D eigenvalue weighted by Crippen LogP contribution is -2.20. The number of alkyl halides is 3. The van der Waals surface area contributed by atoms with Crippen LogP contribution in [0.2, 0.25) is 0 Å². The number of nitrogens with zero attached hydrogens (tertiary/aromatic N) is 5. The van der Waals surface area contributed by atoms with E-state index in [0.717, 1.165) is 55.6 Å². The van der Waals surface area contributed by atoms with Gasteiger partial charge in [-0.05, 0) is 93.2 Å². The molecule has 1 aromatic heterocycles. The molecule has 47 heavy (non-hydrogen) atoms. The van der Waals surface area contributed by atoms with Gasteiger partial charge in [0.25, 0.3) is 5.91 Å². The van der Waals surface area contributed by atoms with E-state index >= 15 is 0 Å². The van der Waals surface area contributed by atoms with Gasteiger partial charge >= 0.3 is 6.18 Å². The van der Waals surface area contributed by atoms with E-state index in [1.807, 2.05) is 37.3 Å². The van der Waals surface area contributed by atoms with Crippen molar-refractivity contribution in [3.05, 3.63) is 107 Å². The van der Waals surface area contributed by atoms with Gasteiger partial charge in [0, 0.05) is 36.2 Å². The summed E-state index contributed by atoms with van der Waals surface area (Å²) in [6, 6.07) is 18.8. The Bertz CT molecular complexity index is 1730. The van der Waals surface area contributed by atoms with Crippen molar-refractivity contribution < 1.29 is 18.0 Å². The predicted molar refractivity (Wildman–Crippen MR) is 181 cm³/mol. The first-order valence-corrected chi connectivity index (χ1v) is 15.4. The molecule has 0 aliphatic carbocycles. The van der Waals surface area contributed by atoms with E-state index in [2.05, 4.69) is 40.8 Å². The summed E-state index contributed by atoms with van der Waals surface area (Å²) in [6.45, 7) is 6.26. The molecule has 0 spiro atoms. The summed E-state index contributed by atoms with van der Waals surface area (Å²) in [4.78, 5) is 32.9. The number of rotatable bonds is 10. The number of aryl methyl sites for hydroxylation is 1. The van der Waals surface area contributed by atoms with Crippen LogP contribution in [0.4, 0.5) is 36.1 Å². The summed E-state index contributed by atoms with van der Waals surface area (Å²) in [5, 5.41) is 9.11. The predicted octanol–water partition coefficient (Wildman–Crippen LogP) is 7.50. The molecule has 244 valence electrons. The highest BCUT2D eigenvalue weighted by atomic mass is 19.4. The van der Waals surface area contributed by atoms with E-state index in [1.54, 1.807) is 43.6 Å². The lowest BCUT2D eigenvalue weighted by molar-refractivity contribution is -0.137. The molecule has 12 heteroatoms. The molecule has 3 aromatic carbocycles. The van der Waals surface area contributed by atoms with E-state index in [-0.39, 0.29) is 11.3 Å². The van der Waals surface area contributed by atoms with Gasteiger partial charge in [-0.3, -0.25) is 14.7 Å². The van der Waals surface area contributed by atoms with Gasteiger partial charge in [-0.2, -0.15) is 13.2 Å². The van der Waals surface area contributed by atoms with Crippen LogP contribution >= 0.6 is 0 Å². The summed E-state index contributed by atoms with van der Waals surface area (Å²) in [5.74, 6) is 0.272. The van der Waals surface area contributed by atoms with Crippen LogP contribution < -0.4 is 16.0 Å². The lowest BCUT2D eigenvalue weighted by Gasteiger charge is -2.18. The van der Waals surface area contributed by atoms with Crippen LogP contribution in [0.25, 0.3) is 0 Å². The molecule has 1 fully saturated rings. The summed E-state index contributed by atoms with van der Waals surface area (Å²) >= 11 is 0. The molecule has 3 N–H and O–H groups in total. The van der Waals surface area contributed by atoms with E-state index in [0.29, 0.717) is 41.8 Å². The molecule has 0 unspecified atom stereocenters. The molecule has 0 saturated carbocycles. The number of guanidine groups is 1. The van der Waals surface area contributed by atoms with Crippen LogP contribution in [0, 0.1) is 6.92 Å². The highest BCUT2D eigenvalue weighted by Gasteiger charge is 2.31. The minimum atomic E-state index is -4.54. The van der Waals surface area contributed by atoms with Gasteiger partial charge in [0.1, 0.15) is 12.0 Å². The van der Waals surface area contributed by atoms with Crippen molar-refractivity contribution in [2.24, 2.45) is 9.98 Å². The maximum Gasteiger partial charge on any atom is 0.416 e. The Morgan fingerprint density at radius 3 is 2.51 bits per heavy atom. The molecule has 1 aliphatic heterocycles. The number of hydrogen-bond acceptors (Lipinski definition) is 6. The highest BCUT2D eigenvalue weighted by Crippen LogP contribution is 2.33. The Kier molecular flexibility index (Phi) is 10.9. The van der Waals surface area contributed by atoms with Gasteiger partial charge in [0.2, 0.25) is 5.96 Å². The number of hydrogen-bond donors (Lipinski definition) is 3. The van der Waals surface area contributed by atoms with Crippen molar-refractivity contribution in [2.45, 2.75) is 45.8 Å². The van der Waals surface area contributed by atoms with E-state index in [1.165, 1.54) is 6.33 Å². The molecule has 0 atom stereocenters. The standard InChI is InChI=1S/C35H37F3N8O/c1-3-40-34(41-14-13-25-9-5-4-6-10-25)45-31-21-39-23-42-32(31)44-30-19-27(12-11-24(30)2)33(47)43-29-18-26(22-46-15-7-8-16-46)17-28(20-29)35(36,37)38/h3-6,9-12,17-21,23H,7-8,13-16,22H2,1-2H3,(H,41,45)(H,43,47)(H,39,42,44). The molecule has 1 amide bonds. The number of likely N-dealkylation sites (tertiary alicyclic amines) is 1. The van der Waals surface area contributed by atoms with Crippen LogP contribution in [-0.2, 0) is 19.1 Å². The second-order valence-electron chi connectivity index (χ2n) is 11.2. The fourth-order valence-corrected chi connectivity index (χ4v) is 5.26. The molecule has 1 aliphatic rings. The highest BCUT2D eigenvalue weighted by molar-refractivity contribution is 6.05. The molecular weight excluding hydrogens is 605 g/mol. The average molecular weight is 643 g/mol. The van der Waals surface area contributed by atoms with Gasteiger partial charge in [0.15, 0.2) is 5.82 Å². The lowest BCUT2D eigenvalue weighted by atomic mass is 10.1. The normalized spacial score (nSPS) is 14.0. The SMILES string of the molecule is CC=NC(=NCCc1ccccc1)Nc1cncnc1Nc1cc(C(=O)Nc2cc(CN3CCCC3)cc(C(F)(F)F)c2)ccc1C. The summed E-state index contributed by atoms with van der Waals surface area (Å²) in [5.41, 5.74) is 3.14. The van der Waals surface area contributed by atoms with Crippen molar-refractivity contribution >= 4 is 41.0 Å². The second kappa shape index (κ2) is 15.5. The molecule has 0 bridgehead atoms. The Hall–Kier alpha value is -5.10. The third-order valence-electron chi connectivity index (χ3n) is 7.65. The zero-order valence-electron chi connectivity index (χ0n) is 26.3. The van der Waals surface area contributed by atoms with Crippen molar-refractivity contribution in [2.75, 3.05) is 35.6 Å². The fraction of sp³-hybridized carbons (Fsp3) is 0.286. The van der Waals surface area contributed by atoms with Gasteiger partial charge in [0.05, 0.1) is 11.8 Å². The van der Waals surface area contributed by atoms with E-state index in [4.69, 9.17) is 0 Å². The smallest absolute Gasteiger partial charge is 0.338 e. The number of aliphatic imine (C=N–C) groups is 2. The number of benzene rings is 3. The summed E-state index contributed by atoms with van der Waals surface area (Å²) < 4.78 is 41.2. The third-order valence-corrected chi connectivity index (χ3v) is 7.65. The monoisotopic (exact) mass is 642 g/mol. The van der Waals surface area contributed by atoms with E-state index in [9.17, 15) is 18.0 Å². The van der Waals surface area contributed by atoms with Gasteiger partial charge in [-0.15, -0.1) is 0 Å². The quantitative estimate of drug-likeness (QED) is 0.122. The minimum absolute atomic E-state index is 0.0898. The molecule has 0 radical (unpaired) electrons. The maximum absolute atomic E-state index is 13.7. The van der Waals surface area contributed by atoms with Gasteiger partial charge in [-0.1, -0.05) is 36.4 Å². The van der Waals surface area contributed by atoms with Gasteiger partial charge < -0.3 is 16.0 Å². The summed E-state index contributed by atoms with van der Waals surface area (Å²) in [7, 11) is 0. The first kappa shape index (κ1) is 33.3. The first-order valence-electron chi connectivity index (χ1n) is 15.4.